The number of hydrogen-bond donors (Lipinski definition) is 2. The monoisotopic (exact) mass is 216 g/mol. The molecule has 4 heteroatoms. The van der Waals surface area contributed by atoms with Gasteiger partial charge in [-0.25, -0.2) is 0 Å². The van der Waals surface area contributed by atoms with Gasteiger partial charge in [0.1, 0.15) is 0 Å². The number of hydrogen-bond acceptors (Lipinski definition) is 3. The van der Waals surface area contributed by atoms with Crippen LogP contribution in [0.15, 0.2) is 0 Å². The largest absolute Gasteiger partial charge is 0.381 e. The molecule has 0 bridgehead atoms. The third-order valence-corrected chi connectivity index (χ3v) is 1.75. The highest BCUT2D eigenvalue weighted by atomic mass is 16.5. The van der Waals surface area contributed by atoms with E-state index in [1.165, 1.54) is 0 Å². The Morgan fingerprint density at radius 2 is 2.13 bits per heavy atom. The van der Waals surface area contributed by atoms with Crippen molar-refractivity contribution in [3.05, 3.63) is 0 Å². The van der Waals surface area contributed by atoms with Gasteiger partial charge in [0.25, 0.3) is 0 Å². The SMILES string of the molecule is CCNC(=O)CNCCCOCC(C)C. The summed E-state index contributed by atoms with van der Waals surface area (Å²) >= 11 is 0. The lowest BCUT2D eigenvalue weighted by atomic mass is 10.2. The van der Waals surface area contributed by atoms with Crippen LogP contribution in [-0.4, -0.2) is 38.8 Å². The van der Waals surface area contributed by atoms with E-state index < -0.39 is 0 Å². The lowest BCUT2D eigenvalue weighted by molar-refractivity contribution is -0.120. The van der Waals surface area contributed by atoms with Crippen molar-refractivity contribution in [2.75, 3.05) is 32.8 Å². The average Bonchev–Trinajstić information content (AvgIpc) is 2.16. The molecule has 0 aromatic rings. The predicted molar refractivity (Wildman–Crippen MR) is 61.8 cm³/mol. The molecule has 90 valence electrons. The smallest absolute Gasteiger partial charge is 0.233 e. The number of carbonyl (C=O) groups is 1. The van der Waals surface area contributed by atoms with E-state index in [4.69, 9.17) is 4.74 Å². The Labute approximate surface area is 92.8 Å². The van der Waals surface area contributed by atoms with E-state index in [1.807, 2.05) is 6.92 Å². The molecule has 1 amide bonds. The van der Waals surface area contributed by atoms with Crippen LogP contribution in [0.3, 0.4) is 0 Å². The van der Waals surface area contributed by atoms with Gasteiger partial charge in [-0.15, -0.1) is 0 Å². The van der Waals surface area contributed by atoms with Crippen LogP contribution in [0.5, 0.6) is 0 Å². The molecule has 4 nitrogen and oxygen atoms in total. The maximum atomic E-state index is 11.0. The molecule has 0 fully saturated rings. The number of likely N-dealkylation sites (N-methyl/N-ethyl adjacent to an activating group) is 1. The predicted octanol–water partition coefficient (Wildman–Crippen LogP) is 0.775. The van der Waals surface area contributed by atoms with Gasteiger partial charge in [0.05, 0.1) is 6.54 Å². The lowest BCUT2D eigenvalue weighted by Crippen LogP contribution is -2.34. The zero-order valence-corrected chi connectivity index (χ0v) is 10.1. The zero-order chi connectivity index (χ0) is 11.5. The first kappa shape index (κ1) is 14.4. The number of amides is 1. The molecule has 2 N–H and O–H groups in total. The van der Waals surface area contributed by atoms with Crippen molar-refractivity contribution in [2.24, 2.45) is 5.92 Å². The van der Waals surface area contributed by atoms with E-state index in [-0.39, 0.29) is 5.91 Å². The molecule has 0 aliphatic carbocycles. The summed E-state index contributed by atoms with van der Waals surface area (Å²) in [5.41, 5.74) is 0. The summed E-state index contributed by atoms with van der Waals surface area (Å²) in [4.78, 5) is 11.0. The third kappa shape index (κ3) is 11.3. The second kappa shape index (κ2) is 9.93. The van der Waals surface area contributed by atoms with Crippen molar-refractivity contribution in [3.63, 3.8) is 0 Å². The molecule has 0 saturated heterocycles. The first-order chi connectivity index (χ1) is 7.16. The van der Waals surface area contributed by atoms with E-state index in [0.29, 0.717) is 19.0 Å². The van der Waals surface area contributed by atoms with Gasteiger partial charge in [0.2, 0.25) is 5.91 Å². The van der Waals surface area contributed by atoms with Gasteiger partial charge in [-0.2, -0.15) is 0 Å². The normalized spacial score (nSPS) is 10.7. The van der Waals surface area contributed by atoms with Crippen LogP contribution in [0.25, 0.3) is 0 Å². The van der Waals surface area contributed by atoms with Gasteiger partial charge < -0.3 is 15.4 Å². The van der Waals surface area contributed by atoms with E-state index in [9.17, 15) is 4.79 Å². The molecule has 15 heavy (non-hydrogen) atoms. The Bertz CT molecular complexity index is 161. The van der Waals surface area contributed by atoms with Gasteiger partial charge >= 0.3 is 0 Å². The minimum Gasteiger partial charge on any atom is -0.381 e. The molecule has 0 spiro atoms. The van der Waals surface area contributed by atoms with Gasteiger partial charge in [-0.3, -0.25) is 4.79 Å². The highest BCUT2D eigenvalue weighted by molar-refractivity contribution is 5.77. The van der Waals surface area contributed by atoms with Crippen LogP contribution in [0.4, 0.5) is 0 Å². The Hall–Kier alpha value is -0.610. The maximum absolute atomic E-state index is 11.0. The van der Waals surface area contributed by atoms with Crippen LogP contribution in [0.1, 0.15) is 27.2 Å². The van der Waals surface area contributed by atoms with Gasteiger partial charge in [-0.05, 0) is 25.8 Å². The van der Waals surface area contributed by atoms with Crippen molar-refractivity contribution in [2.45, 2.75) is 27.2 Å². The maximum Gasteiger partial charge on any atom is 0.233 e. The second-order valence-electron chi connectivity index (χ2n) is 3.95. The second-order valence-corrected chi connectivity index (χ2v) is 3.95. The first-order valence-electron chi connectivity index (χ1n) is 5.72. The number of carbonyl (C=O) groups excluding carboxylic acids is 1. The van der Waals surface area contributed by atoms with Crippen LogP contribution in [0.2, 0.25) is 0 Å². The van der Waals surface area contributed by atoms with E-state index in [2.05, 4.69) is 24.5 Å². The van der Waals surface area contributed by atoms with Crippen molar-refractivity contribution in [3.8, 4) is 0 Å². The van der Waals surface area contributed by atoms with E-state index in [1.54, 1.807) is 0 Å². The molecule has 0 atom stereocenters. The number of ether oxygens (including phenoxy) is 1. The molecule has 0 aliphatic rings. The standard InChI is InChI=1S/C11H24N2O2/c1-4-13-11(14)8-12-6-5-7-15-9-10(2)3/h10,12H,4-9H2,1-3H3,(H,13,14). The fourth-order valence-electron chi connectivity index (χ4n) is 1.08. The average molecular weight is 216 g/mol. The molecule has 0 unspecified atom stereocenters. The highest BCUT2D eigenvalue weighted by Crippen LogP contribution is 1.92. The van der Waals surface area contributed by atoms with E-state index in [0.717, 1.165) is 26.2 Å². The molecular formula is C11H24N2O2. The minimum absolute atomic E-state index is 0.0561. The molecule has 0 aliphatic heterocycles. The quantitative estimate of drug-likeness (QED) is 0.560. The summed E-state index contributed by atoms with van der Waals surface area (Å²) in [6, 6.07) is 0. The summed E-state index contributed by atoms with van der Waals surface area (Å²) in [7, 11) is 0. The Balaban J connectivity index is 3.08. The molecule has 0 heterocycles. The molecule has 0 aromatic carbocycles. The fourth-order valence-corrected chi connectivity index (χ4v) is 1.08. The number of nitrogens with one attached hydrogen (secondary N) is 2. The van der Waals surface area contributed by atoms with Crippen molar-refractivity contribution in [1.29, 1.82) is 0 Å². The molecule has 0 saturated carbocycles. The van der Waals surface area contributed by atoms with Crippen LogP contribution >= 0.6 is 0 Å². The third-order valence-electron chi connectivity index (χ3n) is 1.75. The van der Waals surface area contributed by atoms with Gasteiger partial charge in [0.15, 0.2) is 0 Å². The summed E-state index contributed by atoms with van der Waals surface area (Å²) < 4.78 is 5.41. The van der Waals surface area contributed by atoms with E-state index >= 15 is 0 Å². The fraction of sp³-hybridized carbons (Fsp3) is 0.909. The van der Waals surface area contributed by atoms with Gasteiger partial charge in [-0.1, -0.05) is 13.8 Å². The Kier molecular flexibility index (Phi) is 9.52. The summed E-state index contributed by atoms with van der Waals surface area (Å²) in [5.74, 6) is 0.647. The summed E-state index contributed by atoms with van der Waals surface area (Å²) in [5, 5.41) is 5.80. The van der Waals surface area contributed by atoms with Crippen LogP contribution < -0.4 is 10.6 Å². The van der Waals surface area contributed by atoms with Crippen LogP contribution in [0, 0.1) is 5.92 Å². The zero-order valence-electron chi connectivity index (χ0n) is 10.1. The number of rotatable bonds is 9. The Morgan fingerprint density at radius 1 is 1.40 bits per heavy atom. The molecular weight excluding hydrogens is 192 g/mol. The van der Waals surface area contributed by atoms with Crippen molar-refractivity contribution in [1.82, 2.24) is 10.6 Å². The molecule has 0 rings (SSSR count). The van der Waals surface area contributed by atoms with Crippen LogP contribution in [-0.2, 0) is 9.53 Å². The first-order valence-corrected chi connectivity index (χ1v) is 5.72. The topological polar surface area (TPSA) is 50.4 Å². The lowest BCUT2D eigenvalue weighted by Gasteiger charge is -2.07. The summed E-state index contributed by atoms with van der Waals surface area (Å²) in [6.45, 7) is 9.68. The summed E-state index contributed by atoms with van der Waals surface area (Å²) in [6.07, 6.45) is 0.951. The minimum atomic E-state index is 0.0561. The molecule has 0 aromatic heterocycles. The molecule has 0 radical (unpaired) electrons. The Morgan fingerprint density at radius 3 is 2.73 bits per heavy atom. The van der Waals surface area contributed by atoms with Gasteiger partial charge in [0, 0.05) is 19.8 Å². The highest BCUT2D eigenvalue weighted by Gasteiger charge is 1.97. The van der Waals surface area contributed by atoms with Crippen molar-refractivity contribution < 1.29 is 9.53 Å². The van der Waals surface area contributed by atoms with Crippen molar-refractivity contribution >= 4 is 5.91 Å².